The van der Waals surface area contributed by atoms with Gasteiger partial charge in [-0.3, -0.25) is 9.97 Å². The lowest BCUT2D eigenvalue weighted by atomic mass is 9.84. The number of nitrogens with two attached hydrogens (primary N) is 1. The molecule has 32 heavy (non-hydrogen) atoms. The number of hydrogen-bond acceptors (Lipinski definition) is 7. The normalized spacial score (nSPS) is 24.4. The third kappa shape index (κ3) is 3.14. The van der Waals surface area contributed by atoms with Crippen molar-refractivity contribution in [3.05, 3.63) is 64.7 Å². The lowest BCUT2D eigenvalue weighted by molar-refractivity contribution is 0.397. The number of aryl methyl sites for hydroxylation is 2. The van der Waals surface area contributed by atoms with Gasteiger partial charge in [-0.1, -0.05) is 18.2 Å². The topological polar surface area (TPSA) is 114 Å². The molecule has 0 fully saturated rings. The number of aliphatic imine (C=N–C) groups is 1. The molecule has 2 aliphatic rings. The highest BCUT2D eigenvalue weighted by molar-refractivity contribution is 7.90. The molecule has 5 rings (SSSR count). The number of fused-ring (bicyclic) bond motifs is 4. The van der Waals surface area contributed by atoms with E-state index >= 15 is 0 Å². The fourth-order valence-electron chi connectivity index (χ4n) is 4.97. The Kier molecular flexibility index (Phi) is 4.70. The third-order valence-electron chi connectivity index (χ3n) is 6.70. The Morgan fingerprint density at radius 1 is 1.25 bits per heavy atom. The highest BCUT2D eigenvalue weighted by atomic mass is 32.2. The molecule has 2 atom stereocenters. The Balaban J connectivity index is 1.62. The molecule has 0 bridgehead atoms. The van der Waals surface area contributed by atoms with Crippen LogP contribution < -0.4 is 5.73 Å². The van der Waals surface area contributed by atoms with Crippen LogP contribution in [0.1, 0.15) is 47.8 Å². The summed E-state index contributed by atoms with van der Waals surface area (Å²) >= 11 is 0. The van der Waals surface area contributed by atoms with Crippen molar-refractivity contribution in [3.63, 3.8) is 0 Å². The fraction of sp³-hybridized carbons (Fsp3) is 0.391. The molecule has 0 saturated carbocycles. The van der Waals surface area contributed by atoms with Crippen LogP contribution in [0.5, 0.6) is 0 Å². The van der Waals surface area contributed by atoms with Crippen molar-refractivity contribution >= 4 is 27.0 Å². The second kappa shape index (κ2) is 7.23. The predicted molar refractivity (Wildman–Crippen MR) is 124 cm³/mol. The summed E-state index contributed by atoms with van der Waals surface area (Å²) in [5.74, 6) is 0.0309. The van der Waals surface area contributed by atoms with Gasteiger partial charge < -0.3 is 5.73 Å². The Morgan fingerprint density at radius 3 is 2.88 bits per heavy atom. The van der Waals surface area contributed by atoms with Crippen LogP contribution >= 0.6 is 0 Å². The quantitative estimate of drug-likeness (QED) is 0.641. The van der Waals surface area contributed by atoms with Gasteiger partial charge in [0.05, 0.1) is 16.9 Å². The van der Waals surface area contributed by atoms with E-state index in [-0.39, 0.29) is 5.96 Å². The molecular weight excluding hydrogens is 424 g/mol. The molecule has 1 aromatic carbocycles. The summed E-state index contributed by atoms with van der Waals surface area (Å²) in [6.45, 7) is 3.81. The largest absolute Gasteiger partial charge is 0.369 e. The molecule has 0 amide bonds. The van der Waals surface area contributed by atoms with Gasteiger partial charge in [-0.05, 0) is 55.9 Å². The lowest BCUT2D eigenvalue weighted by Gasteiger charge is -2.41. The number of pyridine rings is 1. The van der Waals surface area contributed by atoms with Gasteiger partial charge >= 0.3 is 0 Å². The van der Waals surface area contributed by atoms with Gasteiger partial charge in [0.15, 0.2) is 0 Å². The smallest absolute Gasteiger partial charge is 0.242 e. The Bertz CT molecular complexity index is 1370. The van der Waals surface area contributed by atoms with Gasteiger partial charge in [-0.2, -0.15) is 0 Å². The lowest BCUT2D eigenvalue weighted by Crippen LogP contribution is -2.56. The summed E-state index contributed by atoms with van der Waals surface area (Å²) in [7, 11) is -2.12. The number of aromatic nitrogens is 3. The minimum Gasteiger partial charge on any atom is -0.369 e. The molecule has 1 aliphatic carbocycles. The first kappa shape index (κ1) is 20.8. The molecule has 2 aromatic heterocycles. The van der Waals surface area contributed by atoms with Crippen LogP contribution in [-0.4, -0.2) is 45.9 Å². The highest BCUT2D eigenvalue weighted by Crippen LogP contribution is 2.44. The van der Waals surface area contributed by atoms with Crippen LogP contribution in [0.3, 0.4) is 0 Å². The molecule has 166 valence electrons. The van der Waals surface area contributed by atoms with Crippen LogP contribution in [0.25, 0.3) is 11.0 Å². The number of sulfonamides is 1. The molecule has 3 aromatic rings. The van der Waals surface area contributed by atoms with Gasteiger partial charge in [0.25, 0.3) is 0 Å². The van der Waals surface area contributed by atoms with Crippen LogP contribution in [0, 0.1) is 6.92 Å². The van der Waals surface area contributed by atoms with E-state index < -0.39 is 20.8 Å². The second-order valence-electron chi connectivity index (χ2n) is 8.82. The predicted octanol–water partition coefficient (Wildman–Crippen LogP) is 2.43. The first-order valence-electron chi connectivity index (χ1n) is 10.7. The maximum atomic E-state index is 13.2. The van der Waals surface area contributed by atoms with Crippen LogP contribution in [0.4, 0.5) is 0 Å². The van der Waals surface area contributed by atoms with Crippen molar-refractivity contribution in [2.45, 2.75) is 50.3 Å². The zero-order valence-electron chi connectivity index (χ0n) is 18.4. The molecule has 8 nitrogen and oxygen atoms in total. The number of nitrogens with zero attached hydrogens (tertiary/aromatic N) is 5. The number of rotatable bonds is 2. The summed E-state index contributed by atoms with van der Waals surface area (Å²) in [4.78, 5) is 18.4. The van der Waals surface area contributed by atoms with Crippen molar-refractivity contribution in [1.29, 1.82) is 0 Å². The molecule has 0 spiro atoms. The summed E-state index contributed by atoms with van der Waals surface area (Å²) in [6, 6.07) is 8.12. The van der Waals surface area contributed by atoms with Gasteiger partial charge in [-0.25, -0.2) is 22.7 Å². The zero-order chi connectivity index (χ0) is 22.7. The summed E-state index contributed by atoms with van der Waals surface area (Å²) < 4.78 is 27.5. The van der Waals surface area contributed by atoms with Crippen molar-refractivity contribution < 1.29 is 8.42 Å². The third-order valence-corrected chi connectivity index (χ3v) is 9.06. The molecule has 0 unspecified atom stereocenters. The average Bonchev–Trinajstić information content (AvgIpc) is 2.89. The maximum Gasteiger partial charge on any atom is 0.242 e. The van der Waals surface area contributed by atoms with Gasteiger partial charge in [-0.15, -0.1) is 0 Å². The molecule has 2 N–H and O–H groups in total. The minimum absolute atomic E-state index is 0.0309. The minimum atomic E-state index is -3.59. The summed E-state index contributed by atoms with van der Waals surface area (Å²) in [5.41, 5.74) is 11.5. The van der Waals surface area contributed by atoms with Crippen LogP contribution in [0.2, 0.25) is 0 Å². The van der Waals surface area contributed by atoms with E-state index in [1.54, 1.807) is 12.4 Å². The summed E-state index contributed by atoms with van der Waals surface area (Å²) in [6.07, 6.45) is 6.21. The Hall–Kier alpha value is -3.07. The summed E-state index contributed by atoms with van der Waals surface area (Å²) in [5, 5.41) is -0.645. The van der Waals surface area contributed by atoms with Crippen molar-refractivity contribution in [2.75, 3.05) is 7.05 Å². The van der Waals surface area contributed by atoms with E-state index in [2.05, 4.69) is 33.2 Å². The molecule has 9 heteroatoms. The van der Waals surface area contributed by atoms with E-state index in [4.69, 9.17) is 10.7 Å². The van der Waals surface area contributed by atoms with Crippen molar-refractivity contribution in [2.24, 2.45) is 10.7 Å². The second-order valence-corrected chi connectivity index (χ2v) is 11.0. The highest BCUT2D eigenvalue weighted by Gasteiger charge is 2.51. The molecule has 0 radical (unpaired) electrons. The van der Waals surface area contributed by atoms with E-state index in [0.717, 1.165) is 56.3 Å². The zero-order valence-corrected chi connectivity index (χ0v) is 19.2. The van der Waals surface area contributed by atoms with Gasteiger partial charge in [0, 0.05) is 25.9 Å². The monoisotopic (exact) mass is 450 g/mol. The van der Waals surface area contributed by atoms with Crippen molar-refractivity contribution in [3.8, 4) is 0 Å². The maximum absolute atomic E-state index is 13.2. The molecule has 1 aliphatic heterocycles. The number of hydrogen-bond donors (Lipinski definition) is 1. The first-order chi connectivity index (χ1) is 15.2. The first-order valence-corrected chi connectivity index (χ1v) is 12.2. The molecule has 0 saturated heterocycles. The number of benzene rings is 1. The average molecular weight is 451 g/mol. The number of guanidine groups is 1. The molecular formula is C23H26N6O2S. The fourth-order valence-corrected chi connectivity index (χ4v) is 6.88. The Labute approximate surface area is 187 Å². The van der Waals surface area contributed by atoms with Crippen LogP contribution in [0.15, 0.2) is 41.7 Å². The van der Waals surface area contributed by atoms with Gasteiger partial charge in [0.1, 0.15) is 16.3 Å². The van der Waals surface area contributed by atoms with E-state index in [1.165, 1.54) is 7.05 Å². The van der Waals surface area contributed by atoms with E-state index in [1.807, 2.05) is 19.9 Å². The Morgan fingerprint density at radius 2 is 2.06 bits per heavy atom. The van der Waals surface area contributed by atoms with Gasteiger partial charge in [0.2, 0.25) is 16.0 Å². The van der Waals surface area contributed by atoms with E-state index in [0.29, 0.717) is 12.8 Å². The van der Waals surface area contributed by atoms with Crippen LogP contribution in [-0.2, 0) is 28.4 Å². The van der Waals surface area contributed by atoms with E-state index in [9.17, 15) is 8.42 Å². The molecule has 3 heterocycles. The standard InChI is InChI=1S/C23H26N6O2S/c1-14-13-26-21-18(27-14)9-10-25-19(21)12-15-7-8-16-5-4-6-20-23(2,17(16)11-15)28-22(24)29(3)32(20,30)31/h7-11,13,20H,4-6,12H2,1-3H3,(H2,24,28)/t20-,23+/m0/s1. The SMILES string of the molecule is Cc1cnc2c(Cc3ccc4c(c3)[C@@]3(C)N=C(N)N(C)S(=O)(=O)[C@H]3CCC4)nccc2n1. The van der Waals surface area contributed by atoms with Crippen molar-refractivity contribution in [1.82, 2.24) is 19.3 Å².